The van der Waals surface area contributed by atoms with Gasteiger partial charge in [0.25, 0.3) is 0 Å². The molecule has 2 heterocycles. The molecule has 1 atom stereocenters. The number of likely N-dealkylation sites (tertiary alicyclic amines) is 1. The van der Waals surface area contributed by atoms with Gasteiger partial charge >= 0.3 is 0 Å². The van der Waals surface area contributed by atoms with Crippen LogP contribution in [-0.2, 0) is 10.0 Å². The molecule has 27 heavy (non-hydrogen) atoms. The molecule has 1 saturated heterocycles. The highest BCUT2D eigenvalue weighted by Crippen LogP contribution is 2.36. The van der Waals surface area contributed by atoms with Gasteiger partial charge in [0.2, 0.25) is 16.8 Å². The maximum Gasteiger partial charge on any atom is 0.240 e. The summed E-state index contributed by atoms with van der Waals surface area (Å²) in [4.78, 5) is 2.62. The average molecular weight is 388 g/mol. The van der Waals surface area contributed by atoms with Gasteiger partial charge in [0.05, 0.1) is 4.90 Å². The van der Waals surface area contributed by atoms with Crippen molar-refractivity contribution in [2.45, 2.75) is 30.7 Å². The van der Waals surface area contributed by atoms with Gasteiger partial charge in [-0.25, -0.2) is 13.1 Å². The molecule has 0 saturated carbocycles. The van der Waals surface area contributed by atoms with E-state index in [2.05, 4.69) is 9.62 Å². The first-order valence-corrected chi connectivity index (χ1v) is 10.7. The molecule has 0 aromatic heterocycles. The molecule has 2 aromatic rings. The van der Waals surface area contributed by atoms with Crippen LogP contribution in [0.1, 0.15) is 30.0 Å². The number of aryl methyl sites for hydroxylation is 1. The third-order valence-corrected chi connectivity index (χ3v) is 6.60. The number of fused-ring (bicyclic) bond motifs is 1. The van der Waals surface area contributed by atoms with Gasteiger partial charge < -0.3 is 9.47 Å². The Labute approximate surface area is 160 Å². The standard InChI is InChI=1S/C20H24N2O4S/c1-15-4-7-17(8-5-15)27(23,24)21-13-18(22-10-2-3-11-22)16-6-9-19-20(12-16)26-14-25-19/h4-9,12,18,21H,2-3,10-11,13-14H2,1H3. The monoisotopic (exact) mass is 388 g/mol. The van der Waals surface area contributed by atoms with Gasteiger partial charge in [0, 0.05) is 12.6 Å². The quantitative estimate of drug-likeness (QED) is 0.824. The van der Waals surface area contributed by atoms with Crippen molar-refractivity contribution in [3.63, 3.8) is 0 Å². The smallest absolute Gasteiger partial charge is 0.240 e. The lowest BCUT2D eigenvalue weighted by molar-refractivity contribution is 0.173. The Morgan fingerprint density at radius 3 is 2.48 bits per heavy atom. The van der Waals surface area contributed by atoms with Crippen molar-refractivity contribution in [1.29, 1.82) is 0 Å². The number of rotatable bonds is 6. The maximum atomic E-state index is 12.7. The van der Waals surface area contributed by atoms with Crippen molar-refractivity contribution in [3.05, 3.63) is 53.6 Å². The first-order chi connectivity index (χ1) is 13.0. The minimum absolute atomic E-state index is 0.0396. The molecule has 7 heteroatoms. The van der Waals surface area contributed by atoms with Gasteiger partial charge in [-0.1, -0.05) is 23.8 Å². The van der Waals surface area contributed by atoms with Gasteiger partial charge in [-0.15, -0.1) is 0 Å². The summed E-state index contributed by atoms with van der Waals surface area (Å²) in [6, 6.07) is 12.7. The first kappa shape index (κ1) is 18.3. The number of hydrogen-bond acceptors (Lipinski definition) is 5. The summed E-state index contributed by atoms with van der Waals surface area (Å²) in [5.74, 6) is 1.46. The van der Waals surface area contributed by atoms with Crippen molar-refractivity contribution < 1.29 is 17.9 Å². The van der Waals surface area contributed by atoms with Gasteiger partial charge in [0.1, 0.15) is 0 Å². The van der Waals surface area contributed by atoms with E-state index in [9.17, 15) is 8.42 Å². The number of hydrogen-bond donors (Lipinski definition) is 1. The molecule has 2 aliphatic heterocycles. The molecule has 4 rings (SSSR count). The molecular weight excluding hydrogens is 364 g/mol. The van der Waals surface area contributed by atoms with E-state index in [4.69, 9.17) is 9.47 Å². The highest BCUT2D eigenvalue weighted by Gasteiger charge is 2.27. The molecule has 2 aliphatic rings. The van der Waals surface area contributed by atoms with Crippen molar-refractivity contribution in [2.24, 2.45) is 0 Å². The van der Waals surface area contributed by atoms with Gasteiger partial charge in [-0.05, 0) is 62.7 Å². The van der Waals surface area contributed by atoms with E-state index >= 15 is 0 Å². The molecular formula is C20H24N2O4S. The Bertz CT molecular complexity index is 906. The van der Waals surface area contributed by atoms with Gasteiger partial charge in [0.15, 0.2) is 11.5 Å². The molecule has 1 fully saturated rings. The van der Waals surface area contributed by atoms with Crippen LogP contribution in [0.15, 0.2) is 47.4 Å². The lowest BCUT2D eigenvalue weighted by Gasteiger charge is -2.28. The molecule has 0 spiro atoms. The third-order valence-electron chi connectivity index (χ3n) is 5.16. The van der Waals surface area contributed by atoms with Crippen molar-refractivity contribution in [2.75, 3.05) is 26.4 Å². The SMILES string of the molecule is Cc1ccc(S(=O)(=O)NCC(c2ccc3c(c2)OCO3)N2CCCC2)cc1. The molecule has 2 aromatic carbocycles. The summed E-state index contributed by atoms with van der Waals surface area (Å²) in [5.41, 5.74) is 2.07. The minimum atomic E-state index is -3.55. The zero-order chi connectivity index (χ0) is 18.9. The maximum absolute atomic E-state index is 12.7. The summed E-state index contributed by atoms with van der Waals surface area (Å²) < 4.78 is 39.1. The summed E-state index contributed by atoms with van der Waals surface area (Å²) in [6.45, 7) is 4.41. The molecule has 0 radical (unpaired) electrons. The Balaban J connectivity index is 1.55. The summed E-state index contributed by atoms with van der Waals surface area (Å²) in [5, 5.41) is 0. The van der Waals surface area contributed by atoms with Crippen LogP contribution in [0.5, 0.6) is 11.5 Å². The number of sulfonamides is 1. The van der Waals surface area contributed by atoms with E-state index in [1.807, 2.05) is 37.3 Å². The second kappa shape index (κ2) is 7.50. The van der Waals surface area contributed by atoms with E-state index < -0.39 is 10.0 Å². The molecule has 0 bridgehead atoms. The lowest BCUT2D eigenvalue weighted by atomic mass is 10.1. The second-order valence-corrected chi connectivity index (χ2v) is 8.80. The molecule has 1 N–H and O–H groups in total. The van der Waals surface area contributed by atoms with Crippen LogP contribution in [0.25, 0.3) is 0 Å². The van der Waals surface area contributed by atoms with Crippen LogP contribution >= 0.6 is 0 Å². The lowest BCUT2D eigenvalue weighted by Crippen LogP contribution is -2.36. The van der Waals surface area contributed by atoms with Crippen LogP contribution in [0.4, 0.5) is 0 Å². The van der Waals surface area contributed by atoms with Crippen LogP contribution in [-0.4, -0.2) is 39.7 Å². The fourth-order valence-electron chi connectivity index (χ4n) is 3.62. The highest BCUT2D eigenvalue weighted by molar-refractivity contribution is 7.89. The van der Waals surface area contributed by atoms with Crippen molar-refractivity contribution in [1.82, 2.24) is 9.62 Å². The number of benzene rings is 2. The van der Waals surface area contributed by atoms with E-state index in [1.165, 1.54) is 0 Å². The fourth-order valence-corrected chi connectivity index (χ4v) is 4.66. The number of nitrogens with zero attached hydrogens (tertiary/aromatic N) is 1. The Hall–Kier alpha value is -2.09. The van der Waals surface area contributed by atoms with Crippen LogP contribution < -0.4 is 14.2 Å². The summed E-state index contributed by atoms with van der Waals surface area (Å²) >= 11 is 0. The summed E-state index contributed by atoms with van der Waals surface area (Å²) in [7, 11) is -3.55. The Morgan fingerprint density at radius 1 is 1.04 bits per heavy atom. The summed E-state index contributed by atoms with van der Waals surface area (Å²) in [6.07, 6.45) is 2.26. The molecule has 144 valence electrons. The molecule has 0 aliphatic carbocycles. The average Bonchev–Trinajstić information content (AvgIpc) is 3.33. The highest BCUT2D eigenvalue weighted by atomic mass is 32.2. The van der Waals surface area contributed by atoms with Gasteiger partial charge in [-0.3, -0.25) is 4.90 Å². The second-order valence-electron chi connectivity index (χ2n) is 7.04. The first-order valence-electron chi connectivity index (χ1n) is 9.23. The number of ether oxygens (including phenoxy) is 2. The Morgan fingerprint density at radius 2 is 1.74 bits per heavy atom. The largest absolute Gasteiger partial charge is 0.454 e. The molecule has 6 nitrogen and oxygen atoms in total. The number of nitrogens with one attached hydrogen (secondary N) is 1. The molecule has 0 amide bonds. The fraction of sp³-hybridized carbons (Fsp3) is 0.400. The van der Waals surface area contributed by atoms with Crippen molar-refractivity contribution >= 4 is 10.0 Å². The predicted molar refractivity (Wildman–Crippen MR) is 102 cm³/mol. The van der Waals surface area contributed by atoms with Crippen LogP contribution in [0.2, 0.25) is 0 Å². The van der Waals surface area contributed by atoms with E-state index in [1.54, 1.807) is 12.1 Å². The van der Waals surface area contributed by atoms with Gasteiger partial charge in [-0.2, -0.15) is 0 Å². The van der Waals surface area contributed by atoms with Crippen LogP contribution in [0.3, 0.4) is 0 Å². The third kappa shape index (κ3) is 3.95. The minimum Gasteiger partial charge on any atom is -0.454 e. The Kier molecular flexibility index (Phi) is 5.08. The zero-order valence-corrected chi connectivity index (χ0v) is 16.2. The van der Waals surface area contributed by atoms with Crippen LogP contribution in [0, 0.1) is 6.92 Å². The predicted octanol–water partition coefficient (Wildman–Crippen LogP) is 2.84. The van der Waals surface area contributed by atoms with Crippen molar-refractivity contribution in [3.8, 4) is 11.5 Å². The van der Waals surface area contributed by atoms with E-state index in [-0.39, 0.29) is 12.8 Å². The van der Waals surface area contributed by atoms with E-state index in [0.29, 0.717) is 11.4 Å². The topological polar surface area (TPSA) is 67.9 Å². The zero-order valence-electron chi connectivity index (χ0n) is 15.3. The normalized spacial score (nSPS) is 18.0. The molecule has 1 unspecified atom stereocenters. The van der Waals surface area contributed by atoms with E-state index in [0.717, 1.165) is 48.6 Å².